The van der Waals surface area contributed by atoms with Crippen molar-refractivity contribution < 1.29 is 27.9 Å². The van der Waals surface area contributed by atoms with Gasteiger partial charge in [0.05, 0.1) is 11.1 Å². The minimum Gasteiger partial charge on any atom is -0.478 e. The van der Waals surface area contributed by atoms with Gasteiger partial charge in [0.2, 0.25) is 5.91 Å². The quantitative estimate of drug-likeness (QED) is 0.804. The Hall–Kier alpha value is -3.03. The number of likely N-dealkylation sites (N-methyl/N-ethyl adjacent to an activating group) is 1. The van der Waals surface area contributed by atoms with E-state index in [0.717, 1.165) is 17.7 Å². The number of hydrogen-bond donors (Lipinski definition) is 1. The van der Waals surface area contributed by atoms with E-state index in [9.17, 15) is 22.8 Å². The highest BCUT2D eigenvalue weighted by Crippen LogP contribution is 2.36. The van der Waals surface area contributed by atoms with Crippen LogP contribution in [0.15, 0.2) is 48.5 Å². The molecule has 1 aliphatic heterocycles. The molecule has 0 aliphatic carbocycles. The lowest BCUT2D eigenvalue weighted by Crippen LogP contribution is -2.51. The maximum Gasteiger partial charge on any atom is 0.416 e. The Balaban J connectivity index is 1.89. The molecule has 30 heavy (non-hydrogen) atoms. The van der Waals surface area contributed by atoms with E-state index < -0.39 is 23.8 Å². The zero-order chi connectivity index (χ0) is 22.1. The van der Waals surface area contributed by atoms with E-state index in [1.165, 1.54) is 29.2 Å². The summed E-state index contributed by atoms with van der Waals surface area (Å²) in [5, 5.41) is 9.11. The van der Waals surface area contributed by atoms with E-state index in [0.29, 0.717) is 25.1 Å². The van der Waals surface area contributed by atoms with Crippen LogP contribution < -0.4 is 4.90 Å². The highest BCUT2D eigenvalue weighted by atomic mass is 19.4. The number of anilines is 1. The van der Waals surface area contributed by atoms with Crippen molar-refractivity contribution in [3.63, 3.8) is 0 Å². The number of piperidine rings is 1. The summed E-state index contributed by atoms with van der Waals surface area (Å²) in [7, 11) is 3.35. The third kappa shape index (κ3) is 4.58. The van der Waals surface area contributed by atoms with Crippen LogP contribution in [0.1, 0.15) is 40.2 Å². The Bertz CT molecular complexity index is 909. The van der Waals surface area contributed by atoms with Gasteiger partial charge in [0.15, 0.2) is 0 Å². The maximum atomic E-state index is 12.9. The molecular formula is C22H23F3N2O3. The molecule has 2 aromatic carbocycles. The van der Waals surface area contributed by atoms with Crippen molar-refractivity contribution in [3.05, 3.63) is 65.2 Å². The van der Waals surface area contributed by atoms with Gasteiger partial charge in [-0.1, -0.05) is 12.1 Å². The molecular weight excluding hydrogens is 397 g/mol. The number of carbonyl (C=O) groups excluding carboxylic acids is 1. The average Bonchev–Trinajstić information content (AvgIpc) is 2.72. The fourth-order valence-electron chi connectivity index (χ4n) is 3.82. The molecule has 1 fully saturated rings. The average molecular weight is 420 g/mol. The Labute approximate surface area is 172 Å². The minimum absolute atomic E-state index is 0.0438. The first-order valence-corrected chi connectivity index (χ1v) is 9.56. The standard InChI is InChI=1S/C22H23F3N2O3/c1-26(2)20(28)19-12-7-16(14-3-8-17(9-4-14)22(23,24)25)13-27(19)18-10-5-15(6-11-18)21(29)30/h3-6,8-11,16,19H,7,12-13H2,1-2H3,(H,29,30). The topological polar surface area (TPSA) is 60.9 Å². The van der Waals surface area contributed by atoms with Crippen LogP contribution in [0.4, 0.5) is 18.9 Å². The molecule has 2 unspecified atom stereocenters. The van der Waals surface area contributed by atoms with Gasteiger partial charge in [-0.25, -0.2) is 4.79 Å². The zero-order valence-electron chi connectivity index (χ0n) is 16.7. The van der Waals surface area contributed by atoms with Crippen LogP contribution >= 0.6 is 0 Å². The first kappa shape index (κ1) is 21.7. The van der Waals surface area contributed by atoms with Crippen molar-refractivity contribution >= 4 is 17.6 Å². The number of carboxylic acid groups (broad SMARTS) is 1. The van der Waals surface area contributed by atoms with Gasteiger partial charge >= 0.3 is 12.1 Å². The molecule has 2 aromatic rings. The number of hydrogen-bond acceptors (Lipinski definition) is 3. The Kier molecular flexibility index (Phi) is 6.05. The number of benzene rings is 2. The third-order valence-corrected chi connectivity index (χ3v) is 5.46. The second kappa shape index (κ2) is 8.38. The van der Waals surface area contributed by atoms with Crippen molar-refractivity contribution in [3.8, 4) is 0 Å². The lowest BCUT2D eigenvalue weighted by Gasteiger charge is -2.41. The van der Waals surface area contributed by atoms with E-state index in [1.807, 2.05) is 4.90 Å². The predicted octanol–water partition coefficient (Wildman–Crippen LogP) is 4.24. The molecule has 1 aliphatic rings. The number of halogens is 3. The van der Waals surface area contributed by atoms with Crippen LogP contribution in [0.5, 0.6) is 0 Å². The Morgan fingerprint density at radius 2 is 1.60 bits per heavy atom. The fraction of sp³-hybridized carbons (Fsp3) is 0.364. The third-order valence-electron chi connectivity index (χ3n) is 5.46. The van der Waals surface area contributed by atoms with Crippen LogP contribution in [-0.4, -0.2) is 48.6 Å². The monoisotopic (exact) mass is 420 g/mol. The molecule has 0 radical (unpaired) electrons. The zero-order valence-corrected chi connectivity index (χ0v) is 16.7. The van der Waals surface area contributed by atoms with E-state index in [1.54, 1.807) is 26.2 Å². The summed E-state index contributed by atoms with van der Waals surface area (Å²) in [5.74, 6) is -1.15. The number of amides is 1. The van der Waals surface area contributed by atoms with Crippen LogP contribution in [0.2, 0.25) is 0 Å². The second-order valence-electron chi connectivity index (χ2n) is 7.65. The van der Waals surface area contributed by atoms with Crippen LogP contribution in [0, 0.1) is 0 Å². The fourth-order valence-corrected chi connectivity index (χ4v) is 3.82. The Morgan fingerprint density at radius 3 is 2.10 bits per heavy atom. The summed E-state index contributed by atoms with van der Waals surface area (Å²) >= 11 is 0. The molecule has 3 rings (SSSR count). The summed E-state index contributed by atoms with van der Waals surface area (Å²) < 4.78 is 38.6. The van der Waals surface area contributed by atoms with Gasteiger partial charge in [-0.15, -0.1) is 0 Å². The smallest absolute Gasteiger partial charge is 0.416 e. The van der Waals surface area contributed by atoms with Gasteiger partial charge in [-0.2, -0.15) is 13.2 Å². The number of carbonyl (C=O) groups is 2. The predicted molar refractivity (Wildman–Crippen MR) is 107 cm³/mol. The summed E-state index contributed by atoms with van der Waals surface area (Å²) in [4.78, 5) is 27.3. The lowest BCUT2D eigenvalue weighted by atomic mass is 9.86. The van der Waals surface area contributed by atoms with Crippen LogP contribution in [-0.2, 0) is 11.0 Å². The van der Waals surface area contributed by atoms with E-state index in [2.05, 4.69) is 0 Å². The van der Waals surface area contributed by atoms with Gasteiger partial charge in [0, 0.05) is 32.2 Å². The van der Waals surface area contributed by atoms with Gasteiger partial charge in [0.1, 0.15) is 6.04 Å². The number of alkyl halides is 3. The number of rotatable bonds is 4. The first-order valence-electron chi connectivity index (χ1n) is 9.56. The molecule has 0 spiro atoms. The molecule has 1 N–H and O–H groups in total. The molecule has 1 amide bonds. The first-order chi connectivity index (χ1) is 14.1. The number of nitrogens with zero attached hydrogens (tertiary/aromatic N) is 2. The number of aromatic carboxylic acids is 1. The molecule has 0 saturated carbocycles. The highest BCUT2D eigenvalue weighted by molar-refractivity contribution is 5.89. The van der Waals surface area contributed by atoms with Crippen LogP contribution in [0.3, 0.4) is 0 Å². The highest BCUT2D eigenvalue weighted by Gasteiger charge is 2.35. The normalized spacial score (nSPS) is 19.4. The molecule has 5 nitrogen and oxygen atoms in total. The largest absolute Gasteiger partial charge is 0.478 e. The molecule has 2 atom stereocenters. The van der Waals surface area contributed by atoms with Crippen molar-refractivity contribution in [2.45, 2.75) is 31.0 Å². The van der Waals surface area contributed by atoms with E-state index >= 15 is 0 Å². The van der Waals surface area contributed by atoms with E-state index in [-0.39, 0.29) is 17.4 Å². The summed E-state index contributed by atoms with van der Waals surface area (Å²) in [6.07, 6.45) is -3.17. The SMILES string of the molecule is CN(C)C(=O)C1CCC(c2ccc(C(F)(F)F)cc2)CN1c1ccc(C(=O)O)cc1. The van der Waals surface area contributed by atoms with Gasteiger partial charge < -0.3 is 14.9 Å². The molecule has 160 valence electrons. The van der Waals surface area contributed by atoms with Gasteiger partial charge in [-0.05, 0) is 54.8 Å². The van der Waals surface area contributed by atoms with Gasteiger partial charge in [0.25, 0.3) is 0 Å². The van der Waals surface area contributed by atoms with Crippen molar-refractivity contribution in [2.24, 2.45) is 0 Å². The summed E-state index contributed by atoms with van der Waals surface area (Å²) in [6.45, 7) is 0.446. The van der Waals surface area contributed by atoms with Gasteiger partial charge in [-0.3, -0.25) is 4.79 Å². The number of carboxylic acids is 1. The lowest BCUT2D eigenvalue weighted by molar-refractivity contribution is -0.137. The van der Waals surface area contributed by atoms with Crippen molar-refractivity contribution in [1.29, 1.82) is 0 Å². The molecule has 0 aromatic heterocycles. The van der Waals surface area contributed by atoms with E-state index in [4.69, 9.17) is 5.11 Å². The maximum absolute atomic E-state index is 12.9. The van der Waals surface area contributed by atoms with Crippen LogP contribution in [0.25, 0.3) is 0 Å². The summed E-state index contributed by atoms with van der Waals surface area (Å²) in [6, 6.07) is 11.0. The molecule has 1 heterocycles. The van der Waals surface area contributed by atoms with Crippen molar-refractivity contribution in [2.75, 3.05) is 25.5 Å². The van der Waals surface area contributed by atoms with Crippen molar-refractivity contribution in [1.82, 2.24) is 4.90 Å². The second-order valence-corrected chi connectivity index (χ2v) is 7.65. The molecule has 0 bridgehead atoms. The summed E-state index contributed by atoms with van der Waals surface area (Å²) in [5.41, 5.74) is 0.942. The minimum atomic E-state index is -4.38. The molecule has 8 heteroatoms. The Morgan fingerprint density at radius 1 is 1.00 bits per heavy atom. The molecule has 1 saturated heterocycles.